The highest BCUT2D eigenvalue weighted by Gasteiger charge is 2.15. The normalized spacial score (nSPS) is 11.0. The summed E-state index contributed by atoms with van der Waals surface area (Å²) >= 11 is 1.57. The zero-order valence-electron chi connectivity index (χ0n) is 17.3. The number of para-hydroxylation sites is 1. The van der Waals surface area contributed by atoms with Crippen molar-refractivity contribution in [3.05, 3.63) is 78.9 Å². The molecular weight excluding hydrogens is 432 g/mol. The van der Waals surface area contributed by atoms with Crippen LogP contribution in [0.2, 0.25) is 0 Å². The minimum absolute atomic E-state index is 0.159. The molecule has 0 aliphatic heterocycles. The summed E-state index contributed by atoms with van der Waals surface area (Å²) in [6.45, 7) is 1.94. The van der Waals surface area contributed by atoms with Crippen LogP contribution in [0.25, 0.3) is 0 Å². The predicted molar refractivity (Wildman–Crippen MR) is 125 cm³/mol. The molecule has 0 unspecified atom stereocenters. The minimum atomic E-state index is -3.34. The summed E-state index contributed by atoms with van der Waals surface area (Å²) in [4.78, 5) is 14.4. The fraction of sp³-hybridized carbons (Fsp3) is 0.174. The molecule has 3 aromatic carbocycles. The molecule has 8 heteroatoms. The monoisotopic (exact) mass is 456 g/mol. The second-order valence-electron chi connectivity index (χ2n) is 6.67. The number of nitrogens with one attached hydrogen (secondary N) is 1. The smallest absolute Gasteiger partial charge is 0.262 e. The van der Waals surface area contributed by atoms with Gasteiger partial charge >= 0.3 is 0 Å². The van der Waals surface area contributed by atoms with Gasteiger partial charge in [0.2, 0.25) is 10.0 Å². The summed E-state index contributed by atoms with van der Waals surface area (Å²) < 4.78 is 30.5. The second-order valence-corrected chi connectivity index (χ2v) is 9.69. The van der Waals surface area contributed by atoms with Gasteiger partial charge in [-0.3, -0.25) is 9.10 Å². The Kier molecular flexibility index (Phi) is 7.59. The van der Waals surface area contributed by atoms with E-state index in [0.717, 1.165) is 9.79 Å². The Hall–Kier alpha value is -2.97. The third kappa shape index (κ3) is 6.50. The van der Waals surface area contributed by atoms with Crippen LogP contribution in [0.1, 0.15) is 6.92 Å². The van der Waals surface area contributed by atoms with Crippen molar-refractivity contribution in [2.45, 2.75) is 16.7 Å². The van der Waals surface area contributed by atoms with Crippen LogP contribution in [0, 0.1) is 0 Å². The van der Waals surface area contributed by atoms with Gasteiger partial charge in [0.15, 0.2) is 6.61 Å². The van der Waals surface area contributed by atoms with E-state index in [0.29, 0.717) is 23.7 Å². The Bertz CT molecular complexity index is 1120. The Balaban J connectivity index is 1.60. The number of nitrogens with zero attached hydrogens (tertiary/aromatic N) is 1. The van der Waals surface area contributed by atoms with Gasteiger partial charge in [-0.25, -0.2) is 8.42 Å². The molecule has 0 fully saturated rings. The molecule has 0 spiro atoms. The lowest BCUT2D eigenvalue weighted by molar-refractivity contribution is -0.118. The first-order valence-corrected chi connectivity index (χ1v) is 12.4. The number of hydrogen-bond acceptors (Lipinski definition) is 5. The highest BCUT2D eigenvalue weighted by atomic mass is 32.2. The molecular formula is C23H24N2O4S2. The molecule has 31 heavy (non-hydrogen) atoms. The van der Waals surface area contributed by atoms with Gasteiger partial charge < -0.3 is 10.1 Å². The van der Waals surface area contributed by atoms with Gasteiger partial charge in [-0.1, -0.05) is 42.1 Å². The maximum absolute atomic E-state index is 12.4. The van der Waals surface area contributed by atoms with Crippen LogP contribution in [-0.2, 0) is 14.8 Å². The largest absolute Gasteiger partial charge is 0.484 e. The van der Waals surface area contributed by atoms with Crippen LogP contribution in [0.15, 0.2) is 88.7 Å². The Morgan fingerprint density at radius 3 is 2.26 bits per heavy atom. The van der Waals surface area contributed by atoms with Crippen molar-refractivity contribution >= 4 is 39.1 Å². The fourth-order valence-corrected chi connectivity index (χ4v) is 4.82. The van der Waals surface area contributed by atoms with E-state index in [1.54, 1.807) is 43.0 Å². The molecule has 0 radical (unpaired) electrons. The number of anilines is 2. The summed E-state index contributed by atoms with van der Waals surface area (Å²) in [6.07, 6.45) is 1.17. The Morgan fingerprint density at radius 1 is 0.968 bits per heavy atom. The third-order valence-electron chi connectivity index (χ3n) is 4.31. The SMILES string of the molecule is CCN(c1ccc(OCC(=O)Nc2ccccc2Sc2ccccc2)cc1)S(C)(=O)=O. The fourth-order valence-electron chi connectivity index (χ4n) is 2.93. The van der Waals surface area contributed by atoms with Crippen LogP contribution in [-0.4, -0.2) is 33.7 Å². The minimum Gasteiger partial charge on any atom is -0.484 e. The van der Waals surface area contributed by atoms with Crippen LogP contribution in [0.5, 0.6) is 5.75 Å². The topological polar surface area (TPSA) is 75.7 Å². The molecule has 0 atom stereocenters. The molecule has 0 heterocycles. The van der Waals surface area contributed by atoms with E-state index in [4.69, 9.17) is 4.74 Å². The summed E-state index contributed by atoms with van der Waals surface area (Å²) in [5, 5.41) is 2.89. The number of carbonyl (C=O) groups is 1. The van der Waals surface area contributed by atoms with Gasteiger partial charge in [0.25, 0.3) is 5.91 Å². The lowest BCUT2D eigenvalue weighted by Crippen LogP contribution is -2.29. The molecule has 0 aliphatic rings. The lowest BCUT2D eigenvalue weighted by Gasteiger charge is -2.20. The van der Waals surface area contributed by atoms with Gasteiger partial charge in [-0.15, -0.1) is 0 Å². The van der Waals surface area contributed by atoms with Crippen LogP contribution >= 0.6 is 11.8 Å². The van der Waals surface area contributed by atoms with Crippen molar-refractivity contribution in [1.29, 1.82) is 0 Å². The number of ether oxygens (including phenoxy) is 1. The lowest BCUT2D eigenvalue weighted by atomic mass is 10.3. The zero-order chi connectivity index (χ0) is 22.3. The molecule has 3 rings (SSSR count). The van der Waals surface area contributed by atoms with E-state index >= 15 is 0 Å². The summed E-state index contributed by atoms with van der Waals surface area (Å²) in [6, 6.07) is 24.1. The number of sulfonamides is 1. The first-order chi connectivity index (χ1) is 14.9. The van der Waals surface area contributed by atoms with Crippen molar-refractivity contribution in [1.82, 2.24) is 0 Å². The van der Waals surface area contributed by atoms with Crippen molar-refractivity contribution in [3.63, 3.8) is 0 Å². The Labute approximate surface area is 187 Å². The van der Waals surface area contributed by atoms with Crippen LogP contribution in [0.3, 0.4) is 0 Å². The maximum atomic E-state index is 12.4. The molecule has 3 aromatic rings. The van der Waals surface area contributed by atoms with E-state index in [2.05, 4.69) is 5.32 Å². The summed E-state index contributed by atoms with van der Waals surface area (Å²) in [5.74, 6) is 0.201. The van der Waals surface area contributed by atoms with Gasteiger partial charge in [0, 0.05) is 16.3 Å². The van der Waals surface area contributed by atoms with Crippen molar-refractivity contribution in [2.75, 3.05) is 29.0 Å². The van der Waals surface area contributed by atoms with Crippen LogP contribution < -0.4 is 14.4 Å². The van der Waals surface area contributed by atoms with Gasteiger partial charge in [-0.2, -0.15) is 0 Å². The summed E-state index contributed by atoms with van der Waals surface area (Å²) in [5.41, 5.74) is 1.26. The first kappa shape index (κ1) is 22.7. The van der Waals surface area contributed by atoms with Crippen molar-refractivity contribution in [3.8, 4) is 5.75 Å². The molecule has 0 saturated carbocycles. The van der Waals surface area contributed by atoms with Crippen molar-refractivity contribution < 1.29 is 17.9 Å². The predicted octanol–water partition coefficient (Wildman–Crippen LogP) is 4.64. The molecule has 1 N–H and O–H groups in total. The highest BCUT2D eigenvalue weighted by molar-refractivity contribution is 7.99. The van der Waals surface area contributed by atoms with Gasteiger partial charge in [-0.05, 0) is 55.5 Å². The van der Waals surface area contributed by atoms with Crippen LogP contribution in [0.4, 0.5) is 11.4 Å². The van der Waals surface area contributed by atoms with E-state index in [9.17, 15) is 13.2 Å². The molecule has 6 nitrogen and oxygen atoms in total. The standard InChI is InChI=1S/C23H24N2O4S2/c1-3-25(31(2,27)28)18-13-15-19(16-14-18)29-17-23(26)24-21-11-7-8-12-22(21)30-20-9-5-4-6-10-20/h4-16H,3,17H2,1-2H3,(H,24,26). The second kappa shape index (κ2) is 10.4. The average molecular weight is 457 g/mol. The molecule has 0 aliphatic carbocycles. The quantitative estimate of drug-likeness (QED) is 0.508. The zero-order valence-corrected chi connectivity index (χ0v) is 18.9. The first-order valence-electron chi connectivity index (χ1n) is 9.69. The number of hydrogen-bond donors (Lipinski definition) is 1. The number of amides is 1. The van der Waals surface area contributed by atoms with Gasteiger partial charge in [0.05, 0.1) is 17.6 Å². The average Bonchev–Trinajstić information content (AvgIpc) is 2.75. The van der Waals surface area contributed by atoms with Gasteiger partial charge in [0.1, 0.15) is 5.75 Å². The summed E-state index contributed by atoms with van der Waals surface area (Å²) in [7, 11) is -3.34. The number of carbonyl (C=O) groups excluding carboxylic acids is 1. The highest BCUT2D eigenvalue weighted by Crippen LogP contribution is 2.33. The molecule has 162 valence electrons. The third-order valence-corrected chi connectivity index (χ3v) is 6.67. The van der Waals surface area contributed by atoms with E-state index in [1.807, 2.05) is 54.6 Å². The molecule has 0 aromatic heterocycles. The maximum Gasteiger partial charge on any atom is 0.262 e. The molecule has 0 saturated heterocycles. The number of benzene rings is 3. The van der Waals surface area contributed by atoms with Crippen molar-refractivity contribution in [2.24, 2.45) is 0 Å². The van der Waals surface area contributed by atoms with E-state index < -0.39 is 10.0 Å². The van der Waals surface area contributed by atoms with E-state index in [1.165, 1.54) is 10.6 Å². The molecule has 0 bridgehead atoms. The number of rotatable bonds is 9. The molecule has 1 amide bonds. The Morgan fingerprint density at radius 2 is 1.61 bits per heavy atom. The van der Waals surface area contributed by atoms with E-state index in [-0.39, 0.29) is 12.5 Å².